The number of hydrogen-bond donors (Lipinski definition) is 1. The molecule has 1 aromatic heterocycles. The second kappa shape index (κ2) is 8.88. The number of amides is 2. The lowest BCUT2D eigenvalue weighted by molar-refractivity contribution is 0.134. The van der Waals surface area contributed by atoms with E-state index in [1.54, 1.807) is 18.4 Å². The van der Waals surface area contributed by atoms with Gasteiger partial charge in [-0.3, -0.25) is 4.90 Å². The van der Waals surface area contributed by atoms with Gasteiger partial charge in [0.2, 0.25) is 0 Å². The van der Waals surface area contributed by atoms with Gasteiger partial charge in [-0.25, -0.2) is 4.79 Å². The average Bonchev–Trinajstić information content (AvgIpc) is 3.06. The summed E-state index contributed by atoms with van der Waals surface area (Å²) in [6, 6.07) is 11.9. The van der Waals surface area contributed by atoms with Crippen LogP contribution in [0.1, 0.15) is 23.4 Å². The summed E-state index contributed by atoms with van der Waals surface area (Å²) in [5, 5.41) is 3.09. The largest absolute Gasteiger partial charge is 0.496 e. The number of carbonyl (C=O) groups excluding carboxylic acids is 1. The molecule has 1 aromatic carbocycles. The fourth-order valence-electron chi connectivity index (χ4n) is 3.14. The quantitative estimate of drug-likeness (QED) is 0.765. The lowest BCUT2D eigenvalue weighted by atomic mass is 10.1. The lowest BCUT2D eigenvalue weighted by Crippen LogP contribution is -2.51. The molecule has 1 fully saturated rings. The van der Waals surface area contributed by atoms with Crippen molar-refractivity contribution in [3.8, 4) is 5.75 Å². The molecule has 0 radical (unpaired) electrons. The Kier molecular flexibility index (Phi) is 6.56. The number of rotatable bonds is 5. The molecule has 5 nitrogen and oxygen atoms in total. The summed E-state index contributed by atoms with van der Waals surface area (Å²) in [6.07, 6.45) is 0. The van der Waals surface area contributed by atoms with Gasteiger partial charge < -0.3 is 15.0 Å². The van der Waals surface area contributed by atoms with Crippen LogP contribution in [0.15, 0.2) is 40.2 Å². The van der Waals surface area contributed by atoms with Crippen LogP contribution in [0.2, 0.25) is 0 Å². The molecule has 1 saturated heterocycles. The summed E-state index contributed by atoms with van der Waals surface area (Å²) < 4.78 is 6.55. The number of para-hydroxylation sites is 1. The van der Waals surface area contributed by atoms with Crippen LogP contribution in [0.4, 0.5) is 4.79 Å². The maximum absolute atomic E-state index is 12.6. The van der Waals surface area contributed by atoms with Crippen LogP contribution in [0.25, 0.3) is 0 Å². The molecule has 0 bridgehead atoms. The second-order valence-electron chi connectivity index (χ2n) is 6.38. The van der Waals surface area contributed by atoms with Gasteiger partial charge in [0, 0.05) is 43.2 Å². The molecule has 2 amide bonds. The van der Waals surface area contributed by atoms with Gasteiger partial charge in [0.15, 0.2) is 0 Å². The van der Waals surface area contributed by atoms with Gasteiger partial charge in [0.1, 0.15) is 5.75 Å². The summed E-state index contributed by atoms with van der Waals surface area (Å²) in [4.78, 5) is 18.2. The van der Waals surface area contributed by atoms with E-state index in [9.17, 15) is 4.79 Å². The Morgan fingerprint density at radius 2 is 1.96 bits per heavy atom. The van der Waals surface area contributed by atoms with Gasteiger partial charge in [0.25, 0.3) is 0 Å². The third-order valence-electron chi connectivity index (χ3n) is 4.61. The number of piperazine rings is 1. The molecule has 7 heteroatoms. The Labute approximate surface area is 167 Å². The van der Waals surface area contributed by atoms with Crippen LogP contribution in [-0.2, 0) is 6.54 Å². The SMILES string of the molecule is COc1ccccc1[C@H](C)NC(=O)N1CCN(Cc2ccc(Br)s2)CC1. The third kappa shape index (κ3) is 4.78. The Balaban J connectivity index is 1.50. The first-order valence-electron chi connectivity index (χ1n) is 8.71. The van der Waals surface area contributed by atoms with E-state index < -0.39 is 0 Å². The number of methoxy groups -OCH3 is 1. The highest BCUT2D eigenvalue weighted by molar-refractivity contribution is 9.11. The fourth-order valence-corrected chi connectivity index (χ4v) is 4.67. The van der Waals surface area contributed by atoms with E-state index in [0.717, 1.165) is 47.8 Å². The van der Waals surface area contributed by atoms with Crippen molar-refractivity contribution in [3.63, 3.8) is 0 Å². The zero-order valence-electron chi connectivity index (χ0n) is 15.1. The van der Waals surface area contributed by atoms with E-state index in [1.165, 1.54) is 4.88 Å². The summed E-state index contributed by atoms with van der Waals surface area (Å²) in [5.41, 5.74) is 0.991. The van der Waals surface area contributed by atoms with Crippen molar-refractivity contribution in [1.29, 1.82) is 0 Å². The molecule has 2 aromatic rings. The smallest absolute Gasteiger partial charge is 0.317 e. The van der Waals surface area contributed by atoms with Gasteiger partial charge in [-0.1, -0.05) is 18.2 Å². The topological polar surface area (TPSA) is 44.8 Å². The van der Waals surface area contributed by atoms with E-state index in [-0.39, 0.29) is 12.1 Å². The molecule has 3 rings (SSSR count). The van der Waals surface area contributed by atoms with Gasteiger partial charge in [-0.05, 0) is 41.1 Å². The van der Waals surface area contributed by atoms with E-state index in [0.29, 0.717) is 0 Å². The van der Waals surface area contributed by atoms with Crippen molar-refractivity contribution in [2.75, 3.05) is 33.3 Å². The summed E-state index contributed by atoms with van der Waals surface area (Å²) in [7, 11) is 1.65. The molecule has 140 valence electrons. The van der Waals surface area contributed by atoms with Gasteiger partial charge >= 0.3 is 6.03 Å². The monoisotopic (exact) mass is 437 g/mol. The minimum absolute atomic E-state index is 0.0121. The average molecular weight is 438 g/mol. The van der Waals surface area contributed by atoms with Crippen LogP contribution in [-0.4, -0.2) is 49.1 Å². The first-order chi connectivity index (χ1) is 12.6. The normalized spacial score (nSPS) is 16.3. The molecule has 1 aliphatic heterocycles. The molecule has 0 unspecified atom stereocenters. The van der Waals surface area contributed by atoms with Crippen molar-refractivity contribution in [2.45, 2.75) is 19.5 Å². The van der Waals surface area contributed by atoms with Crippen molar-refractivity contribution >= 4 is 33.3 Å². The van der Waals surface area contributed by atoms with Crippen LogP contribution >= 0.6 is 27.3 Å². The minimum Gasteiger partial charge on any atom is -0.496 e. The Bertz CT molecular complexity index is 744. The number of benzene rings is 1. The number of urea groups is 1. The van der Waals surface area contributed by atoms with Crippen LogP contribution in [0, 0.1) is 0 Å². The molecule has 1 aliphatic rings. The fraction of sp³-hybridized carbons (Fsp3) is 0.421. The molecular weight excluding hydrogens is 414 g/mol. The predicted molar refractivity (Wildman–Crippen MR) is 109 cm³/mol. The number of carbonyl (C=O) groups is 1. The Morgan fingerprint density at radius 3 is 2.62 bits per heavy atom. The molecule has 0 aliphatic carbocycles. The highest BCUT2D eigenvalue weighted by Crippen LogP contribution is 2.25. The van der Waals surface area contributed by atoms with Crippen molar-refractivity contribution in [1.82, 2.24) is 15.1 Å². The first kappa shape index (κ1) is 19.2. The molecule has 0 spiro atoms. The maximum Gasteiger partial charge on any atom is 0.317 e. The van der Waals surface area contributed by atoms with Crippen molar-refractivity contribution < 1.29 is 9.53 Å². The lowest BCUT2D eigenvalue weighted by Gasteiger charge is -2.35. The predicted octanol–water partition coefficient (Wildman–Crippen LogP) is 4.11. The zero-order valence-corrected chi connectivity index (χ0v) is 17.5. The van der Waals surface area contributed by atoms with E-state index in [4.69, 9.17) is 4.74 Å². The number of ether oxygens (including phenoxy) is 1. The van der Waals surface area contributed by atoms with E-state index in [2.05, 4.69) is 38.3 Å². The zero-order chi connectivity index (χ0) is 18.5. The Hall–Kier alpha value is -1.57. The van der Waals surface area contributed by atoms with Gasteiger partial charge in [-0.15, -0.1) is 11.3 Å². The molecule has 2 heterocycles. The number of halogens is 1. The molecule has 0 saturated carbocycles. The second-order valence-corrected chi connectivity index (χ2v) is 8.93. The molecule has 1 atom stereocenters. The van der Waals surface area contributed by atoms with Crippen molar-refractivity contribution in [2.24, 2.45) is 0 Å². The number of nitrogens with one attached hydrogen (secondary N) is 1. The number of hydrogen-bond acceptors (Lipinski definition) is 4. The highest BCUT2D eigenvalue weighted by Gasteiger charge is 2.23. The van der Waals surface area contributed by atoms with E-state index in [1.807, 2.05) is 36.1 Å². The van der Waals surface area contributed by atoms with E-state index >= 15 is 0 Å². The number of thiophene rings is 1. The standard InChI is InChI=1S/C19H24BrN3O2S/c1-14(16-5-3-4-6-17(16)25-2)21-19(24)23-11-9-22(10-12-23)13-15-7-8-18(20)26-15/h3-8,14H,9-13H2,1-2H3,(H,21,24)/t14-/m0/s1. The third-order valence-corrected chi connectivity index (χ3v) is 6.22. The summed E-state index contributed by atoms with van der Waals surface area (Å²) >= 11 is 5.28. The highest BCUT2D eigenvalue weighted by atomic mass is 79.9. The summed E-state index contributed by atoms with van der Waals surface area (Å²) in [6.45, 7) is 6.22. The molecule has 26 heavy (non-hydrogen) atoms. The molecule has 1 N–H and O–H groups in total. The van der Waals surface area contributed by atoms with Crippen LogP contribution in [0.3, 0.4) is 0 Å². The Morgan fingerprint density at radius 1 is 1.23 bits per heavy atom. The van der Waals surface area contributed by atoms with Crippen molar-refractivity contribution in [3.05, 3.63) is 50.6 Å². The maximum atomic E-state index is 12.6. The van der Waals surface area contributed by atoms with Gasteiger partial charge in [-0.2, -0.15) is 0 Å². The number of nitrogens with zero attached hydrogens (tertiary/aromatic N) is 2. The molecular formula is C19H24BrN3O2S. The summed E-state index contributed by atoms with van der Waals surface area (Å²) in [5.74, 6) is 0.798. The van der Waals surface area contributed by atoms with Gasteiger partial charge in [0.05, 0.1) is 16.9 Å². The van der Waals surface area contributed by atoms with Crippen LogP contribution < -0.4 is 10.1 Å². The minimum atomic E-state index is -0.0971. The van der Waals surface area contributed by atoms with Crippen LogP contribution in [0.5, 0.6) is 5.75 Å². The first-order valence-corrected chi connectivity index (χ1v) is 10.3.